The molecule has 1 aromatic rings. The predicted molar refractivity (Wildman–Crippen MR) is 74.5 cm³/mol. The molecule has 0 aromatic carbocycles. The maximum atomic E-state index is 12.1. The van der Waals surface area contributed by atoms with Gasteiger partial charge >= 0.3 is 12.0 Å². The van der Waals surface area contributed by atoms with E-state index >= 15 is 0 Å². The van der Waals surface area contributed by atoms with Crippen molar-refractivity contribution in [2.75, 3.05) is 7.05 Å². The van der Waals surface area contributed by atoms with Gasteiger partial charge in [-0.1, -0.05) is 0 Å². The Balaban J connectivity index is 1.77. The quantitative estimate of drug-likeness (QED) is 0.764. The maximum absolute atomic E-state index is 12.1. The molecule has 1 aliphatic carbocycles. The molecular weight excluding hydrogens is 274 g/mol. The Hall–Kier alpha value is -2.12. The molecule has 2 rings (SSSR count). The fourth-order valence-corrected chi connectivity index (χ4v) is 2.51. The number of amides is 2. The van der Waals surface area contributed by atoms with Crippen LogP contribution in [0.1, 0.15) is 37.3 Å². The average Bonchev–Trinajstić information content (AvgIpc) is 2.84. The Kier molecular flexibility index (Phi) is 4.77. The monoisotopic (exact) mass is 295 g/mol. The molecule has 3 N–H and O–H groups in total. The highest BCUT2D eigenvalue weighted by Crippen LogP contribution is 2.24. The summed E-state index contributed by atoms with van der Waals surface area (Å²) < 4.78 is 0. The highest BCUT2D eigenvalue weighted by Gasteiger charge is 2.27. The summed E-state index contributed by atoms with van der Waals surface area (Å²) in [5.41, 5.74) is 0. The third kappa shape index (κ3) is 4.17. The van der Waals surface area contributed by atoms with Crippen LogP contribution in [0.4, 0.5) is 4.79 Å². The van der Waals surface area contributed by atoms with Gasteiger partial charge in [0.25, 0.3) is 0 Å². The molecule has 8 heteroatoms. The summed E-state index contributed by atoms with van der Waals surface area (Å²) >= 11 is 0. The minimum atomic E-state index is -0.739. The smallest absolute Gasteiger partial charge is 0.317 e. The van der Waals surface area contributed by atoms with E-state index in [2.05, 4.69) is 20.5 Å². The number of H-pyrrole nitrogens is 1. The van der Waals surface area contributed by atoms with Gasteiger partial charge in [-0.05, 0) is 32.6 Å². The van der Waals surface area contributed by atoms with Crippen LogP contribution < -0.4 is 5.32 Å². The van der Waals surface area contributed by atoms with Crippen molar-refractivity contribution in [1.29, 1.82) is 0 Å². The van der Waals surface area contributed by atoms with Crippen LogP contribution in [0, 0.1) is 12.8 Å². The van der Waals surface area contributed by atoms with Gasteiger partial charge in [-0.2, -0.15) is 5.10 Å². The predicted octanol–water partition coefficient (Wildman–Crippen LogP) is 0.898. The zero-order valence-corrected chi connectivity index (χ0v) is 12.3. The van der Waals surface area contributed by atoms with Crippen molar-refractivity contribution in [2.24, 2.45) is 5.92 Å². The van der Waals surface area contributed by atoms with Gasteiger partial charge in [0.1, 0.15) is 5.82 Å². The number of urea groups is 1. The molecule has 0 saturated heterocycles. The van der Waals surface area contributed by atoms with Gasteiger partial charge in [0.15, 0.2) is 5.82 Å². The van der Waals surface area contributed by atoms with Crippen molar-refractivity contribution in [3.8, 4) is 0 Å². The van der Waals surface area contributed by atoms with Crippen molar-refractivity contribution in [3.05, 3.63) is 11.6 Å². The number of rotatable bonds is 4. The van der Waals surface area contributed by atoms with Crippen LogP contribution in [-0.4, -0.2) is 50.3 Å². The number of hydrogen-bond acceptors (Lipinski definition) is 4. The number of nitrogens with one attached hydrogen (secondary N) is 2. The zero-order chi connectivity index (χ0) is 15.4. The van der Waals surface area contributed by atoms with Gasteiger partial charge in [0, 0.05) is 13.1 Å². The minimum absolute atomic E-state index is 0.0458. The Morgan fingerprint density at radius 3 is 2.57 bits per heavy atom. The number of carbonyl (C=O) groups excluding carboxylic acids is 1. The number of aromatic nitrogens is 3. The first kappa shape index (κ1) is 15.3. The summed E-state index contributed by atoms with van der Waals surface area (Å²) in [6, 6.07) is -0.138. The number of carbonyl (C=O) groups is 2. The molecule has 1 fully saturated rings. The van der Waals surface area contributed by atoms with Crippen molar-refractivity contribution in [3.63, 3.8) is 0 Å². The van der Waals surface area contributed by atoms with E-state index in [-0.39, 0.29) is 18.0 Å². The second-order valence-electron chi connectivity index (χ2n) is 5.53. The second-order valence-corrected chi connectivity index (χ2v) is 5.53. The molecule has 1 aliphatic rings. The van der Waals surface area contributed by atoms with E-state index in [1.54, 1.807) is 14.0 Å². The molecule has 1 aromatic heterocycles. The lowest BCUT2D eigenvalue weighted by atomic mass is 9.86. The molecule has 2 amide bonds. The van der Waals surface area contributed by atoms with Gasteiger partial charge in [-0.15, -0.1) is 0 Å². The Morgan fingerprint density at radius 2 is 2.05 bits per heavy atom. The van der Waals surface area contributed by atoms with Crippen LogP contribution in [0.3, 0.4) is 0 Å². The van der Waals surface area contributed by atoms with E-state index in [0.29, 0.717) is 43.9 Å². The lowest BCUT2D eigenvalue weighted by molar-refractivity contribution is -0.142. The van der Waals surface area contributed by atoms with Crippen molar-refractivity contribution in [2.45, 2.75) is 45.2 Å². The highest BCUT2D eigenvalue weighted by molar-refractivity contribution is 5.74. The third-order valence-electron chi connectivity index (χ3n) is 3.77. The first-order valence-corrected chi connectivity index (χ1v) is 7.08. The number of aromatic amines is 1. The minimum Gasteiger partial charge on any atom is -0.481 e. The molecule has 0 aliphatic heterocycles. The van der Waals surface area contributed by atoms with Crippen LogP contribution in [0.15, 0.2) is 0 Å². The topological polar surface area (TPSA) is 111 Å². The molecule has 0 unspecified atom stereocenters. The van der Waals surface area contributed by atoms with Gasteiger partial charge in [0.05, 0.1) is 12.5 Å². The second kappa shape index (κ2) is 6.55. The van der Waals surface area contributed by atoms with Gasteiger partial charge < -0.3 is 15.3 Å². The van der Waals surface area contributed by atoms with Gasteiger partial charge in [-0.25, -0.2) is 9.78 Å². The summed E-state index contributed by atoms with van der Waals surface area (Å²) in [6.07, 6.45) is 2.64. The van der Waals surface area contributed by atoms with Crippen LogP contribution in [0.25, 0.3) is 0 Å². The molecule has 1 saturated carbocycles. The summed E-state index contributed by atoms with van der Waals surface area (Å²) in [5, 5.41) is 18.6. The molecule has 0 spiro atoms. The Labute approximate surface area is 122 Å². The van der Waals surface area contributed by atoms with E-state index in [0.717, 1.165) is 0 Å². The number of aryl methyl sites for hydroxylation is 1. The SMILES string of the molecule is Cc1nc(CN(C)C(=O)NC2CCC(C(=O)O)CC2)n[nH]1. The average molecular weight is 295 g/mol. The van der Waals surface area contributed by atoms with Gasteiger partial charge in [-0.3, -0.25) is 9.89 Å². The number of carboxylic acids is 1. The van der Waals surface area contributed by atoms with Gasteiger partial charge in [0.2, 0.25) is 0 Å². The van der Waals surface area contributed by atoms with Crippen LogP contribution in [0.2, 0.25) is 0 Å². The largest absolute Gasteiger partial charge is 0.481 e. The molecule has 21 heavy (non-hydrogen) atoms. The van der Waals surface area contributed by atoms with E-state index < -0.39 is 5.97 Å². The Morgan fingerprint density at radius 1 is 1.38 bits per heavy atom. The normalized spacial score (nSPS) is 21.8. The number of aliphatic carboxylic acids is 1. The lowest BCUT2D eigenvalue weighted by Gasteiger charge is -2.28. The first-order valence-electron chi connectivity index (χ1n) is 7.08. The fraction of sp³-hybridized carbons (Fsp3) is 0.692. The van der Waals surface area contributed by atoms with E-state index in [9.17, 15) is 9.59 Å². The van der Waals surface area contributed by atoms with Crippen molar-refractivity contribution in [1.82, 2.24) is 25.4 Å². The maximum Gasteiger partial charge on any atom is 0.317 e. The van der Waals surface area contributed by atoms with E-state index in [1.165, 1.54) is 4.90 Å². The number of hydrogen-bond donors (Lipinski definition) is 3. The van der Waals surface area contributed by atoms with Crippen LogP contribution in [-0.2, 0) is 11.3 Å². The summed E-state index contributed by atoms with van der Waals surface area (Å²) in [5.74, 6) is 0.273. The van der Waals surface area contributed by atoms with E-state index in [1.807, 2.05) is 0 Å². The molecule has 0 bridgehead atoms. The molecule has 1 heterocycles. The first-order chi connectivity index (χ1) is 9.95. The van der Waals surface area contributed by atoms with Crippen LogP contribution >= 0.6 is 0 Å². The highest BCUT2D eigenvalue weighted by atomic mass is 16.4. The van der Waals surface area contributed by atoms with Crippen LogP contribution in [0.5, 0.6) is 0 Å². The van der Waals surface area contributed by atoms with Crippen molar-refractivity contribution >= 4 is 12.0 Å². The summed E-state index contributed by atoms with van der Waals surface area (Å²) in [4.78, 5) is 28.6. The Bertz CT molecular complexity index is 508. The molecule has 0 atom stereocenters. The molecule has 0 radical (unpaired) electrons. The zero-order valence-electron chi connectivity index (χ0n) is 12.3. The fourth-order valence-electron chi connectivity index (χ4n) is 2.51. The molecule has 8 nitrogen and oxygen atoms in total. The standard InChI is InChI=1S/C13H21N5O3/c1-8-14-11(17-16-8)7-18(2)13(21)15-10-5-3-9(4-6-10)12(19)20/h9-10H,3-7H2,1-2H3,(H,15,21)(H,19,20)(H,14,16,17). The molecule has 116 valence electrons. The van der Waals surface area contributed by atoms with E-state index in [4.69, 9.17) is 5.11 Å². The third-order valence-corrected chi connectivity index (χ3v) is 3.77. The lowest BCUT2D eigenvalue weighted by Crippen LogP contribution is -2.44. The summed E-state index contributed by atoms with van der Waals surface area (Å²) in [7, 11) is 1.68. The van der Waals surface area contributed by atoms with Crippen molar-refractivity contribution < 1.29 is 14.7 Å². The number of carboxylic acid groups (broad SMARTS) is 1. The number of nitrogens with zero attached hydrogens (tertiary/aromatic N) is 3. The summed E-state index contributed by atoms with van der Waals surface area (Å²) in [6.45, 7) is 2.14. The molecular formula is C13H21N5O3.